The monoisotopic (exact) mass is 306 g/mol. The Hall–Kier alpha value is -0.0800. The first-order chi connectivity index (χ1) is 7.97. The Morgan fingerprint density at radius 3 is 2.24 bits per heavy atom. The summed E-state index contributed by atoms with van der Waals surface area (Å²) in [5.74, 6) is -0.332. The minimum absolute atomic E-state index is 0.131. The van der Waals surface area contributed by atoms with Gasteiger partial charge in [0.05, 0.1) is 6.61 Å². The van der Waals surface area contributed by atoms with Gasteiger partial charge in [-0.25, -0.2) is 0 Å². The quantitative estimate of drug-likeness (QED) is 0.486. The molecule has 0 aliphatic heterocycles. The number of hydrogen-bond donors (Lipinski definition) is 1. The molecule has 102 valence electrons. The van der Waals surface area contributed by atoms with E-state index in [1.807, 2.05) is 0 Å². The largest absolute Gasteiger partial charge is 0.465 e. The molecule has 0 fully saturated rings. The Morgan fingerprint density at radius 1 is 1.29 bits per heavy atom. The van der Waals surface area contributed by atoms with Crippen molar-refractivity contribution in [2.24, 2.45) is 0 Å². The third-order valence-corrected chi connectivity index (χ3v) is 3.60. The molecular formula is C8H16Cl2N2O4S. The van der Waals surface area contributed by atoms with Crippen molar-refractivity contribution in [1.82, 2.24) is 9.03 Å². The number of alkyl halides is 2. The van der Waals surface area contributed by atoms with E-state index < -0.39 is 22.7 Å². The van der Waals surface area contributed by atoms with Crippen LogP contribution in [-0.2, 0) is 19.7 Å². The number of carbonyl (C=O) groups excluding carboxylic acids is 1. The first-order valence-corrected chi connectivity index (χ1v) is 7.51. The van der Waals surface area contributed by atoms with E-state index in [-0.39, 0.29) is 31.5 Å². The van der Waals surface area contributed by atoms with Gasteiger partial charge in [0.1, 0.15) is 6.54 Å². The van der Waals surface area contributed by atoms with Crippen LogP contribution < -0.4 is 4.72 Å². The van der Waals surface area contributed by atoms with Gasteiger partial charge >= 0.3 is 5.97 Å². The lowest BCUT2D eigenvalue weighted by atomic mass is 10.6. The molecule has 0 aromatic rings. The van der Waals surface area contributed by atoms with E-state index in [0.717, 1.165) is 4.31 Å². The fourth-order valence-corrected chi connectivity index (χ4v) is 2.75. The summed E-state index contributed by atoms with van der Waals surface area (Å²) in [6, 6.07) is 0. The molecule has 0 spiro atoms. The standard InChI is InChI=1S/C8H16Cl2N2O4S/c1-2-16-8(13)7-11-17(14,15)12(5-3-9)6-4-10/h11H,2-7H2,1H3. The van der Waals surface area contributed by atoms with Gasteiger partial charge in [0, 0.05) is 24.8 Å². The van der Waals surface area contributed by atoms with Crippen molar-refractivity contribution < 1.29 is 17.9 Å². The van der Waals surface area contributed by atoms with Crippen LogP contribution in [0.4, 0.5) is 0 Å². The van der Waals surface area contributed by atoms with Crippen molar-refractivity contribution in [1.29, 1.82) is 0 Å². The molecule has 17 heavy (non-hydrogen) atoms. The third-order valence-electron chi connectivity index (χ3n) is 1.71. The highest BCUT2D eigenvalue weighted by atomic mass is 35.5. The van der Waals surface area contributed by atoms with E-state index in [1.165, 1.54) is 0 Å². The molecule has 0 aliphatic carbocycles. The first kappa shape index (κ1) is 16.9. The van der Waals surface area contributed by atoms with Crippen LogP contribution >= 0.6 is 23.2 Å². The van der Waals surface area contributed by atoms with Crippen molar-refractivity contribution in [3.63, 3.8) is 0 Å². The Labute approximate surface area is 111 Å². The Kier molecular flexibility index (Phi) is 8.89. The number of carbonyl (C=O) groups is 1. The van der Waals surface area contributed by atoms with Crippen molar-refractivity contribution >= 4 is 39.4 Å². The highest BCUT2D eigenvalue weighted by Gasteiger charge is 2.21. The van der Waals surface area contributed by atoms with Gasteiger partial charge in [-0.15, -0.1) is 23.2 Å². The zero-order valence-corrected chi connectivity index (χ0v) is 11.8. The summed E-state index contributed by atoms with van der Waals surface area (Å²) in [4.78, 5) is 11.0. The SMILES string of the molecule is CCOC(=O)CNS(=O)(=O)N(CCCl)CCCl. The third kappa shape index (κ3) is 7.05. The second kappa shape index (κ2) is 8.93. The van der Waals surface area contributed by atoms with Gasteiger partial charge in [-0.05, 0) is 6.92 Å². The number of nitrogens with one attached hydrogen (secondary N) is 1. The van der Waals surface area contributed by atoms with E-state index >= 15 is 0 Å². The van der Waals surface area contributed by atoms with Gasteiger partial charge in [-0.2, -0.15) is 17.4 Å². The van der Waals surface area contributed by atoms with Crippen LogP contribution in [0.5, 0.6) is 0 Å². The van der Waals surface area contributed by atoms with Gasteiger partial charge in [-0.1, -0.05) is 0 Å². The maximum atomic E-state index is 11.7. The van der Waals surface area contributed by atoms with Gasteiger partial charge in [0.2, 0.25) is 0 Å². The summed E-state index contributed by atoms with van der Waals surface area (Å²) in [6.45, 7) is 1.70. The summed E-state index contributed by atoms with van der Waals surface area (Å²) in [6.07, 6.45) is 0. The first-order valence-electron chi connectivity index (χ1n) is 5.00. The molecule has 0 heterocycles. The predicted molar refractivity (Wildman–Crippen MR) is 66.6 cm³/mol. The molecule has 0 saturated carbocycles. The number of nitrogens with zero attached hydrogens (tertiary/aromatic N) is 1. The maximum absolute atomic E-state index is 11.7. The fourth-order valence-electron chi connectivity index (χ4n) is 0.994. The van der Waals surface area contributed by atoms with Crippen LogP contribution in [0.15, 0.2) is 0 Å². The van der Waals surface area contributed by atoms with E-state index in [0.29, 0.717) is 0 Å². The molecule has 0 aromatic carbocycles. The highest BCUT2D eigenvalue weighted by Crippen LogP contribution is 1.99. The minimum atomic E-state index is -3.75. The van der Waals surface area contributed by atoms with Crippen molar-refractivity contribution in [3.05, 3.63) is 0 Å². The van der Waals surface area contributed by atoms with Crippen molar-refractivity contribution in [3.8, 4) is 0 Å². The summed E-state index contributed by atoms with van der Waals surface area (Å²) < 4.78 is 31.2. The summed E-state index contributed by atoms with van der Waals surface area (Å²) in [5.41, 5.74) is 0. The van der Waals surface area contributed by atoms with Crippen molar-refractivity contribution in [2.75, 3.05) is 38.0 Å². The zero-order chi connectivity index (χ0) is 13.3. The van der Waals surface area contributed by atoms with Gasteiger partial charge in [-0.3, -0.25) is 4.79 Å². The van der Waals surface area contributed by atoms with E-state index in [9.17, 15) is 13.2 Å². The maximum Gasteiger partial charge on any atom is 0.321 e. The molecule has 6 nitrogen and oxygen atoms in total. The lowest BCUT2D eigenvalue weighted by Gasteiger charge is -2.19. The number of halogens is 2. The number of hydrogen-bond acceptors (Lipinski definition) is 4. The molecule has 0 unspecified atom stereocenters. The zero-order valence-electron chi connectivity index (χ0n) is 9.49. The molecule has 0 rings (SSSR count). The number of esters is 1. The summed E-state index contributed by atoms with van der Waals surface area (Å²) in [5, 5.41) is 0. The Morgan fingerprint density at radius 2 is 1.82 bits per heavy atom. The average Bonchev–Trinajstić information content (AvgIpc) is 2.27. The minimum Gasteiger partial charge on any atom is -0.465 e. The van der Waals surface area contributed by atoms with E-state index in [1.54, 1.807) is 6.92 Å². The molecule has 0 aliphatic rings. The molecular weight excluding hydrogens is 291 g/mol. The van der Waals surface area contributed by atoms with Gasteiger partial charge < -0.3 is 4.74 Å². The van der Waals surface area contributed by atoms with Crippen molar-refractivity contribution in [2.45, 2.75) is 6.92 Å². The van der Waals surface area contributed by atoms with Crippen LogP contribution in [0.1, 0.15) is 6.92 Å². The van der Waals surface area contributed by atoms with Crippen LogP contribution in [0.3, 0.4) is 0 Å². The van der Waals surface area contributed by atoms with Crippen LogP contribution in [0, 0.1) is 0 Å². The smallest absolute Gasteiger partial charge is 0.321 e. The van der Waals surface area contributed by atoms with Crippen LogP contribution in [-0.4, -0.2) is 56.7 Å². The molecule has 0 bridgehead atoms. The Balaban J connectivity index is 4.36. The fraction of sp³-hybridized carbons (Fsp3) is 0.875. The highest BCUT2D eigenvalue weighted by molar-refractivity contribution is 7.87. The predicted octanol–water partition coefficient (Wildman–Crippen LogP) is 0.163. The van der Waals surface area contributed by atoms with Crippen LogP contribution in [0.25, 0.3) is 0 Å². The molecule has 9 heteroatoms. The van der Waals surface area contributed by atoms with E-state index in [4.69, 9.17) is 23.2 Å². The molecule has 0 aromatic heterocycles. The number of ether oxygens (including phenoxy) is 1. The van der Waals surface area contributed by atoms with Crippen LogP contribution in [0.2, 0.25) is 0 Å². The normalized spacial score (nSPS) is 11.8. The van der Waals surface area contributed by atoms with Gasteiger partial charge in [0.25, 0.3) is 10.2 Å². The molecule has 1 N–H and O–H groups in total. The topological polar surface area (TPSA) is 75.7 Å². The summed E-state index contributed by atoms with van der Waals surface area (Å²) in [7, 11) is -3.75. The second-order valence-electron chi connectivity index (χ2n) is 2.91. The Bertz CT molecular complexity index is 317. The lowest BCUT2D eigenvalue weighted by molar-refractivity contribution is -0.141. The summed E-state index contributed by atoms with van der Waals surface area (Å²) >= 11 is 11.0. The average molecular weight is 307 g/mol. The molecule has 0 saturated heterocycles. The lowest BCUT2D eigenvalue weighted by Crippen LogP contribution is -2.44. The molecule has 0 amide bonds. The second-order valence-corrected chi connectivity index (χ2v) is 5.42. The number of rotatable bonds is 9. The van der Waals surface area contributed by atoms with E-state index in [2.05, 4.69) is 9.46 Å². The molecule has 0 radical (unpaired) electrons. The van der Waals surface area contributed by atoms with Gasteiger partial charge in [0.15, 0.2) is 0 Å². The molecule has 0 atom stereocenters.